The Labute approximate surface area is 219 Å². The molecule has 1 saturated carbocycles. The first-order valence-electron chi connectivity index (χ1n) is 12.7. The molecule has 194 valence electrons. The minimum atomic E-state index is -0.534. The highest BCUT2D eigenvalue weighted by Crippen LogP contribution is 2.51. The number of rotatable bonds is 9. The molecule has 1 aliphatic carbocycles. The Balaban J connectivity index is 0.00000336. The first-order chi connectivity index (χ1) is 17.9. The lowest BCUT2D eigenvalue weighted by molar-refractivity contribution is -0.118. The zero-order valence-electron chi connectivity index (χ0n) is 21.6. The van der Waals surface area contributed by atoms with Crippen LogP contribution in [0.4, 0.5) is 5.69 Å². The van der Waals surface area contributed by atoms with Gasteiger partial charge in [-0.2, -0.15) is 0 Å². The molecule has 1 heterocycles. The van der Waals surface area contributed by atoms with Crippen LogP contribution in [0, 0.1) is 6.92 Å². The van der Waals surface area contributed by atoms with E-state index in [4.69, 9.17) is 9.47 Å². The average Bonchev–Trinajstić information content (AvgIpc) is 3.58. The van der Waals surface area contributed by atoms with E-state index in [0.717, 1.165) is 59.5 Å². The van der Waals surface area contributed by atoms with E-state index in [1.165, 1.54) is 0 Å². The van der Waals surface area contributed by atoms with Crippen molar-refractivity contribution >= 4 is 17.5 Å². The van der Waals surface area contributed by atoms with Crippen molar-refractivity contribution in [3.63, 3.8) is 0 Å². The molecule has 1 aliphatic heterocycles. The van der Waals surface area contributed by atoms with Gasteiger partial charge in [-0.1, -0.05) is 24.3 Å². The summed E-state index contributed by atoms with van der Waals surface area (Å²) >= 11 is 0. The highest BCUT2D eigenvalue weighted by molar-refractivity contribution is 6.02. The summed E-state index contributed by atoms with van der Waals surface area (Å²) in [4.78, 5) is 27.9. The van der Waals surface area contributed by atoms with Gasteiger partial charge >= 0.3 is 0 Å². The van der Waals surface area contributed by atoms with Crippen molar-refractivity contribution in [2.45, 2.75) is 31.6 Å². The van der Waals surface area contributed by atoms with E-state index in [1.54, 1.807) is 0 Å². The fourth-order valence-electron chi connectivity index (χ4n) is 4.73. The average molecular weight is 502 g/mol. The summed E-state index contributed by atoms with van der Waals surface area (Å²) in [7, 11) is 4.04. The highest BCUT2D eigenvalue weighted by Gasteiger charge is 2.51. The van der Waals surface area contributed by atoms with Gasteiger partial charge in [-0.05, 0) is 105 Å². The van der Waals surface area contributed by atoms with E-state index < -0.39 is 5.41 Å². The maximum absolute atomic E-state index is 13.4. The normalized spacial score (nSPS) is 14.9. The smallest absolute Gasteiger partial charge is 0.251 e. The maximum Gasteiger partial charge on any atom is 0.251 e. The van der Waals surface area contributed by atoms with Gasteiger partial charge in [0.1, 0.15) is 0 Å². The summed E-state index contributed by atoms with van der Waals surface area (Å²) in [6, 6.07) is 19.3. The van der Waals surface area contributed by atoms with Crippen LogP contribution in [-0.4, -0.2) is 50.7 Å². The number of fused-ring (bicyclic) bond motifs is 1. The molecule has 3 aromatic rings. The first-order valence-corrected chi connectivity index (χ1v) is 12.7. The second kappa shape index (κ2) is 10.3. The molecule has 37 heavy (non-hydrogen) atoms. The molecule has 0 spiro atoms. The van der Waals surface area contributed by atoms with Crippen LogP contribution in [-0.2, 0) is 10.2 Å². The topological polar surface area (TPSA) is 79.9 Å². The molecule has 0 unspecified atom stereocenters. The quantitative estimate of drug-likeness (QED) is 0.404. The summed E-state index contributed by atoms with van der Waals surface area (Å²) in [5.41, 5.74) is 4.91. The van der Waals surface area contributed by atoms with Crippen LogP contribution in [0.1, 0.15) is 42.2 Å². The molecule has 5 rings (SSSR count). The number of hydrogen-bond acceptors (Lipinski definition) is 5. The summed E-state index contributed by atoms with van der Waals surface area (Å²) < 4.78 is 10.9. The van der Waals surface area contributed by atoms with Gasteiger partial charge in [0.2, 0.25) is 12.7 Å². The number of amides is 2. The van der Waals surface area contributed by atoms with Crippen molar-refractivity contribution in [2.75, 3.05) is 39.3 Å². The number of benzene rings is 3. The Bertz CT molecular complexity index is 1320. The Morgan fingerprint density at radius 2 is 1.73 bits per heavy atom. The van der Waals surface area contributed by atoms with E-state index in [0.29, 0.717) is 17.9 Å². The van der Waals surface area contributed by atoms with Crippen LogP contribution < -0.4 is 20.1 Å². The van der Waals surface area contributed by atoms with Crippen LogP contribution in [0.3, 0.4) is 0 Å². The molecule has 0 atom stereocenters. The summed E-state index contributed by atoms with van der Waals surface area (Å²) in [6.07, 6.45) is 2.51. The van der Waals surface area contributed by atoms with Crippen molar-refractivity contribution in [3.8, 4) is 22.6 Å². The molecule has 2 N–H and O–H groups in total. The second-order valence-electron chi connectivity index (χ2n) is 10.1. The van der Waals surface area contributed by atoms with E-state index >= 15 is 0 Å². The van der Waals surface area contributed by atoms with Gasteiger partial charge in [0.15, 0.2) is 11.5 Å². The number of carbonyl (C=O) groups is 2. The predicted molar refractivity (Wildman–Crippen MR) is 146 cm³/mol. The molecular formula is C30H35N3O4. The van der Waals surface area contributed by atoms with Crippen LogP contribution in [0.15, 0.2) is 60.7 Å². The van der Waals surface area contributed by atoms with Crippen molar-refractivity contribution in [1.29, 1.82) is 0 Å². The van der Waals surface area contributed by atoms with Gasteiger partial charge in [0.05, 0.1) is 5.41 Å². The van der Waals surface area contributed by atoms with Crippen molar-refractivity contribution in [1.82, 2.24) is 10.2 Å². The minimum absolute atomic E-state index is 0. The zero-order chi connectivity index (χ0) is 26.0. The Morgan fingerprint density at radius 3 is 2.46 bits per heavy atom. The monoisotopic (exact) mass is 501 g/mol. The fourth-order valence-corrected chi connectivity index (χ4v) is 4.73. The van der Waals surface area contributed by atoms with E-state index in [-0.39, 0.29) is 20.0 Å². The lowest BCUT2D eigenvalue weighted by atomic mass is 9.94. The molecule has 2 aliphatic rings. The Kier molecular flexibility index (Phi) is 6.89. The Morgan fingerprint density at radius 1 is 0.973 bits per heavy atom. The molecule has 1 fully saturated rings. The third-order valence-corrected chi connectivity index (χ3v) is 7.13. The Hall–Kier alpha value is -3.84. The summed E-state index contributed by atoms with van der Waals surface area (Å²) in [5, 5.41) is 6.11. The molecule has 0 aromatic heterocycles. The molecule has 7 nitrogen and oxygen atoms in total. The largest absolute Gasteiger partial charge is 0.454 e. The van der Waals surface area contributed by atoms with Crippen LogP contribution in [0.5, 0.6) is 11.5 Å². The van der Waals surface area contributed by atoms with E-state index in [9.17, 15) is 9.59 Å². The molecule has 0 radical (unpaired) electrons. The number of ether oxygens (including phenoxy) is 2. The van der Waals surface area contributed by atoms with Crippen LogP contribution >= 0.6 is 0 Å². The molecule has 0 bridgehead atoms. The van der Waals surface area contributed by atoms with Crippen molar-refractivity contribution in [2.24, 2.45) is 0 Å². The predicted octanol–water partition coefficient (Wildman–Crippen LogP) is 4.99. The number of carbonyl (C=O) groups excluding carboxylic acids is 2. The summed E-state index contributed by atoms with van der Waals surface area (Å²) in [5.74, 6) is 1.33. The third-order valence-electron chi connectivity index (χ3n) is 7.13. The SMILES string of the molecule is Cc1ccc(NC(=O)C2(c3ccc4c(c3)OCO4)CC2)cc1-c1ccc(C(=O)NCCCN(C)C)cc1.[HH]. The van der Waals surface area contributed by atoms with E-state index in [1.807, 2.05) is 81.7 Å². The lowest BCUT2D eigenvalue weighted by Gasteiger charge is -2.17. The van der Waals surface area contributed by atoms with Crippen LogP contribution in [0.2, 0.25) is 0 Å². The lowest BCUT2D eigenvalue weighted by Crippen LogP contribution is -2.27. The second-order valence-corrected chi connectivity index (χ2v) is 10.1. The highest BCUT2D eigenvalue weighted by atomic mass is 16.7. The molecular weight excluding hydrogens is 466 g/mol. The molecule has 7 heteroatoms. The molecule has 2 amide bonds. The van der Waals surface area contributed by atoms with Crippen LogP contribution in [0.25, 0.3) is 11.1 Å². The number of nitrogens with zero attached hydrogens (tertiary/aromatic N) is 1. The van der Waals surface area contributed by atoms with Crippen molar-refractivity contribution < 1.29 is 20.5 Å². The van der Waals surface area contributed by atoms with Gasteiger partial charge in [-0.15, -0.1) is 0 Å². The van der Waals surface area contributed by atoms with Gasteiger partial charge in [0.25, 0.3) is 5.91 Å². The molecule has 3 aromatic carbocycles. The van der Waals surface area contributed by atoms with Gasteiger partial charge in [0, 0.05) is 19.2 Å². The zero-order valence-corrected chi connectivity index (χ0v) is 21.6. The standard InChI is InChI=1S/C30H33N3O4.H2/c1-20-5-11-24(32-29(35)30(13-14-30)23-10-12-26-27(17-23)37-19-36-26)18-25(20)21-6-8-22(9-7-21)28(34)31-15-4-16-33(2)3;/h5-12,17-18H,4,13-16,19H2,1-3H3,(H,31,34)(H,32,35);1H. The van der Waals surface area contributed by atoms with Gasteiger partial charge in [-0.3, -0.25) is 9.59 Å². The summed E-state index contributed by atoms with van der Waals surface area (Å²) in [6.45, 7) is 3.84. The minimum Gasteiger partial charge on any atom is -0.454 e. The maximum atomic E-state index is 13.4. The van der Waals surface area contributed by atoms with Gasteiger partial charge in [-0.25, -0.2) is 0 Å². The van der Waals surface area contributed by atoms with Gasteiger partial charge < -0.3 is 25.0 Å². The number of nitrogens with one attached hydrogen (secondary N) is 2. The number of anilines is 1. The molecule has 0 saturated heterocycles. The number of hydrogen-bond donors (Lipinski definition) is 2. The van der Waals surface area contributed by atoms with E-state index in [2.05, 4.69) is 15.5 Å². The van der Waals surface area contributed by atoms with Crippen molar-refractivity contribution in [3.05, 3.63) is 77.4 Å². The first kappa shape index (κ1) is 24.8. The number of aryl methyl sites for hydroxylation is 1. The third kappa shape index (κ3) is 5.32. The fraction of sp³-hybridized carbons (Fsp3) is 0.333.